The third-order valence-electron chi connectivity index (χ3n) is 6.09. The van der Waals surface area contributed by atoms with Gasteiger partial charge in [-0.15, -0.1) is 0 Å². The molecule has 3 aromatic rings. The highest BCUT2D eigenvalue weighted by Crippen LogP contribution is 2.60. The maximum absolute atomic E-state index is 12.4. The summed E-state index contributed by atoms with van der Waals surface area (Å²) in [6.07, 6.45) is -3.40. The summed E-state index contributed by atoms with van der Waals surface area (Å²) < 4.78 is 53.3. The lowest BCUT2D eigenvalue weighted by Crippen LogP contribution is -2.31. The van der Waals surface area contributed by atoms with Gasteiger partial charge < -0.3 is 34.4 Å². The lowest BCUT2D eigenvalue weighted by atomic mass is 10.1. The quantitative estimate of drug-likeness (QED) is 0.190. The van der Waals surface area contributed by atoms with E-state index in [4.69, 9.17) is 23.8 Å². The van der Waals surface area contributed by atoms with Crippen molar-refractivity contribution in [2.75, 3.05) is 24.6 Å². The van der Waals surface area contributed by atoms with Crippen LogP contribution in [0.15, 0.2) is 43.0 Å². The van der Waals surface area contributed by atoms with Crippen LogP contribution in [0.25, 0.3) is 11.2 Å². The van der Waals surface area contributed by atoms with E-state index in [0.29, 0.717) is 12.1 Å². The van der Waals surface area contributed by atoms with Crippen LogP contribution in [0.3, 0.4) is 0 Å². The van der Waals surface area contributed by atoms with Crippen LogP contribution in [0.1, 0.15) is 25.0 Å². The van der Waals surface area contributed by atoms with Crippen LogP contribution in [0.2, 0.25) is 0 Å². The molecule has 2 aromatic heterocycles. The number of carbonyl (C=O) groups excluding carboxylic acids is 1. The number of carboxylic acids is 1. The van der Waals surface area contributed by atoms with Gasteiger partial charge in [-0.1, -0.05) is 30.3 Å². The molecule has 2 unspecified atom stereocenters. The van der Waals surface area contributed by atoms with Gasteiger partial charge in [-0.3, -0.25) is 23.8 Å². The van der Waals surface area contributed by atoms with Crippen molar-refractivity contribution in [3.05, 3.63) is 48.5 Å². The summed E-state index contributed by atoms with van der Waals surface area (Å²) in [6, 6.07) is 8.46. The van der Waals surface area contributed by atoms with Crippen molar-refractivity contribution in [3.63, 3.8) is 0 Å². The number of phosphoric acid groups is 1. The van der Waals surface area contributed by atoms with E-state index >= 15 is 0 Å². The molecule has 18 nitrogen and oxygen atoms in total. The van der Waals surface area contributed by atoms with E-state index in [-0.39, 0.29) is 17.0 Å². The molecule has 2 amide bonds. The molecule has 2 fully saturated rings. The molecule has 0 saturated carbocycles. The second-order valence-electron chi connectivity index (χ2n) is 9.08. The van der Waals surface area contributed by atoms with Crippen LogP contribution in [-0.2, 0) is 37.0 Å². The number of nitrogens with zero attached hydrogens (tertiary/aromatic N) is 4. The number of imidazole rings is 1. The van der Waals surface area contributed by atoms with Gasteiger partial charge in [0, 0.05) is 12.1 Å². The molecule has 2 saturated heterocycles. The molecule has 0 spiro atoms. The highest BCUT2D eigenvalue weighted by molar-refractivity contribution is 7.64. The predicted octanol–water partition coefficient (Wildman–Crippen LogP) is 1.75. The Kier molecular flexibility index (Phi) is 8.71. The zero-order valence-corrected chi connectivity index (χ0v) is 23.5. The van der Waals surface area contributed by atoms with Gasteiger partial charge in [-0.2, -0.15) is 0 Å². The summed E-state index contributed by atoms with van der Waals surface area (Å²) in [7, 11) is -10.2. The van der Waals surface area contributed by atoms with E-state index in [1.54, 1.807) is 31.2 Å². The Morgan fingerprint density at radius 3 is 2.52 bits per heavy atom. The van der Waals surface area contributed by atoms with E-state index < -0.39 is 71.0 Å². The largest absolute Gasteiger partial charge is 0.481 e. The number of hydrogen-bond donors (Lipinski definition) is 5. The fourth-order valence-electron chi connectivity index (χ4n) is 4.45. The lowest BCUT2D eigenvalue weighted by molar-refractivity contribution is -0.152. The number of anilines is 1. The summed E-state index contributed by atoms with van der Waals surface area (Å²) in [6.45, 7) is 1.47. The first-order chi connectivity index (χ1) is 20.0. The van der Waals surface area contributed by atoms with Crippen LogP contribution < -0.4 is 10.6 Å². The minimum Gasteiger partial charge on any atom is -0.481 e. The lowest BCUT2D eigenvalue weighted by Gasteiger charge is -2.22. The van der Waals surface area contributed by atoms with Gasteiger partial charge >= 0.3 is 27.4 Å². The number of carboxylic acid groups (broad SMARTS) is 1. The summed E-state index contributed by atoms with van der Waals surface area (Å²) in [5.74, 6) is -1.58. The van der Waals surface area contributed by atoms with Crippen molar-refractivity contribution in [2.45, 2.75) is 37.8 Å². The number of urea groups is 1. The van der Waals surface area contributed by atoms with Gasteiger partial charge in [-0.25, -0.2) is 28.6 Å². The molecule has 4 heterocycles. The number of ether oxygens (including phenoxy) is 3. The SMILES string of the molecule is CCNC(=O)Nc1ncnc2c1ncn2[C@@H]1O[C@H](COP(=O)(O)OP(=O)(O)CC(=O)O)[C@@H]2O[C@H](c3ccccc3)O[C@@H]21. The second-order valence-corrected chi connectivity index (χ2v) is 12.5. The molecule has 5 N–H and O–H groups in total. The molecule has 20 heteroatoms. The highest BCUT2D eigenvalue weighted by Gasteiger charge is 2.54. The molecule has 0 aliphatic carbocycles. The molecule has 7 atom stereocenters. The minimum atomic E-state index is -5.22. The Labute approximate surface area is 237 Å². The number of fused-ring (bicyclic) bond motifs is 2. The first-order valence-electron chi connectivity index (χ1n) is 12.4. The van der Waals surface area contributed by atoms with Crippen molar-refractivity contribution in [1.82, 2.24) is 24.8 Å². The minimum absolute atomic E-state index is 0.137. The fourth-order valence-corrected chi connectivity index (χ4v) is 6.84. The number of nitrogens with one attached hydrogen (secondary N) is 2. The third kappa shape index (κ3) is 6.67. The van der Waals surface area contributed by atoms with Gasteiger partial charge in [-0.05, 0) is 6.92 Å². The monoisotopic (exact) mass is 628 g/mol. The summed E-state index contributed by atoms with van der Waals surface area (Å²) in [5.41, 5.74) is 1.19. The summed E-state index contributed by atoms with van der Waals surface area (Å²) >= 11 is 0. The first-order valence-corrected chi connectivity index (χ1v) is 15.7. The molecule has 1 aromatic carbocycles. The third-order valence-corrected chi connectivity index (χ3v) is 9.08. The Morgan fingerprint density at radius 1 is 1.07 bits per heavy atom. The number of benzene rings is 1. The van der Waals surface area contributed by atoms with Crippen LogP contribution in [0.5, 0.6) is 0 Å². The molecule has 226 valence electrons. The van der Waals surface area contributed by atoms with Gasteiger partial charge in [0.05, 0.1) is 12.9 Å². The number of aromatic nitrogens is 4. The number of phosphoric ester groups is 1. The van der Waals surface area contributed by atoms with Gasteiger partial charge in [0.15, 0.2) is 29.5 Å². The number of amides is 2. The van der Waals surface area contributed by atoms with Crippen LogP contribution in [0, 0.1) is 0 Å². The Bertz CT molecular complexity index is 1560. The smallest absolute Gasteiger partial charge is 0.479 e. The standard InChI is InChI=1S/C22H26N6O12P2/c1-2-23-22(31)27-18-15-19(25-10-24-18)28(11-26-15)20-17-16(38-21(39-17)12-6-4-3-5-7-12)13(37-20)8-36-42(34,35)40-41(32,33)9-14(29)30/h3-7,10-11,13,16-17,20-21H,2,8-9H2,1H3,(H,29,30)(H,32,33)(H,34,35)(H2,23,24,25,27,31)/t13-,16+,17+,20-,21+/m1/s1. The highest BCUT2D eigenvalue weighted by atomic mass is 31.3. The number of aliphatic carboxylic acids is 1. The molecular formula is C22H26N6O12P2. The predicted molar refractivity (Wildman–Crippen MR) is 140 cm³/mol. The van der Waals surface area contributed by atoms with E-state index in [0.717, 1.165) is 0 Å². The number of hydrogen-bond acceptors (Lipinski definition) is 12. The Balaban J connectivity index is 1.40. The van der Waals surface area contributed by atoms with E-state index in [2.05, 4.69) is 29.9 Å². The number of carbonyl (C=O) groups is 2. The normalized spacial score (nSPS) is 26.3. The summed E-state index contributed by atoms with van der Waals surface area (Å²) in [4.78, 5) is 55.1. The van der Waals surface area contributed by atoms with Crippen LogP contribution in [0.4, 0.5) is 10.6 Å². The van der Waals surface area contributed by atoms with E-state index in [1.807, 2.05) is 6.07 Å². The van der Waals surface area contributed by atoms with Crippen LogP contribution >= 0.6 is 15.4 Å². The van der Waals surface area contributed by atoms with Gasteiger partial charge in [0.1, 0.15) is 30.8 Å². The zero-order chi connectivity index (χ0) is 30.1. The molecule has 2 aliphatic rings. The maximum Gasteiger partial charge on any atom is 0.479 e. The molecule has 2 aliphatic heterocycles. The molecule has 0 bridgehead atoms. The van der Waals surface area contributed by atoms with E-state index in [9.17, 15) is 28.5 Å². The van der Waals surface area contributed by atoms with Gasteiger partial charge in [0.25, 0.3) is 0 Å². The second kappa shape index (κ2) is 12.1. The van der Waals surface area contributed by atoms with Crippen LogP contribution in [-0.4, -0.2) is 84.0 Å². The Morgan fingerprint density at radius 2 is 1.81 bits per heavy atom. The zero-order valence-electron chi connectivity index (χ0n) is 21.7. The molecule has 0 radical (unpaired) electrons. The Hall–Kier alpha value is -3.31. The molecule has 42 heavy (non-hydrogen) atoms. The summed E-state index contributed by atoms with van der Waals surface area (Å²) in [5, 5.41) is 13.9. The van der Waals surface area contributed by atoms with Crippen molar-refractivity contribution in [2.24, 2.45) is 0 Å². The van der Waals surface area contributed by atoms with Crippen molar-refractivity contribution in [3.8, 4) is 0 Å². The average molecular weight is 628 g/mol. The van der Waals surface area contributed by atoms with Crippen molar-refractivity contribution >= 4 is 44.4 Å². The maximum atomic E-state index is 12.4. The molecular weight excluding hydrogens is 602 g/mol. The fraction of sp³-hybridized carbons (Fsp3) is 0.409. The molecule has 5 rings (SSSR count). The van der Waals surface area contributed by atoms with Gasteiger partial charge in [0.2, 0.25) is 0 Å². The number of rotatable bonds is 11. The van der Waals surface area contributed by atoms with Crippen molar-refractivity contribution < 1.29 is 56.7 Å². The van der Waals surface area contributed by atoms with E-state index in [1.165, 1.54) is 17.2 Å². The topological polar surface area (TPSA) is 243 Å². The average Bonchev–Trinajstić information content (AvgIpc) is 3.61. The first kappa shape index (κ1) is 30.2. The van der Waals surface area contributed by atoms with Crippen molar-refractivity contribution in [1.29, 1.82) is 0 Å².